The fourth-order valence-corrected chi connectivity index (χ4v) is 5.77. The summed E-state index contributed by atoms with van der Waals surface area (Å²) in [7, 11) is 3.05. The van der Waals surface area contributed by atoms with Crippen molar-refractivity contribution in [3.05, 3.63) is 88.6 Å². The summed E-state index contributed by atoms with van der Waals surface area (Å²) in [5, 5.41) is 9.23. The van der Waals surface area contributed by atoms with Gasteiger partial charge < -0.3 is 24.8 Å². The summed E-state index contributed by atoms with van der Waals surface area (Å²) in [6.07, 6.45) is 1.69. The molecule has 10 heteroatoms. The highest BCUT2D eigenvalue weighted by atomic mass is 32.1. The van der Waals surface area contributed by atoms with Gasteiger partial charge in [-0.25, -0.2) is 0 Å². The number of carbonyl (C=O) groups is 3. The second-order valence-corrected chi connectivity index (χ2v) is 10.8. The first-order valence-electron chi connectivity index (χ1n) is 13.7. The van der Waals surface area contributed by atoms with Crippen LogP contribution in [0.1, 0.15) is 34.1 Å². The lowest BCUT2D eigenvalue weighted by molar-refractivity contribution is -0.126. The summed E-state index contributed by atoms with van der Waals surface area (Å²) in [5.74, 6) is -0.289. The zero-order chi connectivity index (χ0) is 29.5. The average molecular weight is 588 g/mol. The molecule has 0 bridgehead atoms. The van der Waals surface area contributed by atoms with E-state index in [2.05, 4.69) is 10.6 Å². The molecule has 1 saturated heterocycles. The normalized spacial score (nSPS) is 15.1. The summed E-state index contributed by atoms with van der Waals surface area (Å²) in [5.41, 5.74) is 1.05. The number of methoxy groups -OCH3 is 2. The third-order valence-corrected chi connectivity index (χ3v) is 8.07. The van der Waals surface area contributed by atoms with Crippen molar-refractivity contribution in [2.24, 2.45) is 0 Å². The first-order chi connectivity index (χ1) is 20.5. The fourth-order valence-electron chi connectivity index (χ4n) is 5.13. The molecule has 5 rings (SSSR count). The monoisotopic (exact) mass is 587 g/mol. The molecule has 0 unspecified atom stereocenters. The van der Waals surface area contributed by atoms with Gasteiger partial charge in [0.1, 0.15) is 6.04 Å². The van der Waals surface area contributed by atoms with Crippen LogP contribution in [0.15, 0.2) is 78.2 Å². The van der Waals surface area contributed by atoms with E-state index in [-0.39, 0.29) is 24.5 Å². The zero-order valence-corrected chi connectivity index (χ0v) is 24.3. The number of hydrogen-bond acceptors (Lipinski definition) is 7. The van der Waals surface area contributed by atoms with Gasteiger partial charge in [-0.05, 0) is 53.4 Å². The Bertz CT molecular complexity index is 1550. The number of thiophene rings is 1. The minimum Gasteiger partial charge on any atom is -0.493 e. The molecular formula is C32H33N3O6S. The van der Waals surface area contributed by atoms with Gasteiger partial charge in [0.05, 0.1) is 37.4 Å². The number of anilines is 1. The SMILES string of the molecule is COc1ccc([C@H](C(=O)NC[C@@H]2CCCO2)N(C(=O)CNC(=O)c2cccs2)c2cccc3ccccc23)cc1OC. The van der Waals surface area contributed by atoms with Gasteiger partial charge in [-0.15, -0.1) is 11.3 Å². The van der Waals surface area contributed by atoms with Crippen LogP contribution in [0, 0.1) is 0 Å². The Balaban J connectivity index is 1.58. The van der Waals surface area contributed by atoms with Crippen LogP contribution in [-0.2, 0) is 14.3 Å². The number of ether oxygens (including phenoxy) is 3. The molecule has 3 aromatic carbocycles. The molecule has 0 saturated carbocycles. The van der Waals surface area contributed by atoms with E-state index in [4.69, 9.17) is 14.2 Å². The van der Waals surface area contributed by atoms with E-state index in [0.717, 1.165) is 23.6 Å². The lowest BCUT2D eigenvalue weighted by Gasteiger charge is -2.33. The number of nitrogens with one attached hydrogen (secondary N) is 2. The first-order valence-corrected chi connectivity index (χ1v) is 14.6. The largest absolute Gasteiger partial charge is 0.493 e. The third-order valence-electron chi connectivity index (χ3n) is 7.20. The molecule has 9 nitrogen and oxygen atoms in total. The van der Waals surface area contributed by atoms with Gasteiger partial charge in [-0.3, -0.25) is 19.3 Å². The van der Waals surface area contributed by atoms with Crippen molar-refractivity contribution in [3.8, 4) is 11.5 Å². The van der Waals surface area contributed by atoms with Crippen LogP contribution in [0.4, 0.5) is 5.69 Å². The zero-order valence-electron chi connectivity index (χ0n) is 23.5. The predicted octanol–water partition coefficient (Wildman–Crippen LogP) is 4.72. The van der Waals surface area contributed by atoms with Crippen LogP contribution >= 0.6 is 11.3 Å². The molecule has 2 heterocycles. The predicted molar refractivity (Wildman–Crippen MR) is 162 cm³/mol. The Hall–Kier alpha value is -4.41. The van der Waals surface area contributed by atoms with Crippen LogP contribution in [-0.4, -0.2) is 57.7 Å². The Labute approximate surface area is 248 Å². The lowest BCUT2D eigenvalue weighted by atomic mass is 10.00. The highest BCUT2D eigenvalue weighted by molar-refractivity contribution is 7.12. The molecule has 0 spiro atoms. The van der Waals surface area contributed by atoms with Crippen LogP contribution in [0.5, 0.6) is 11.5 Å². The molecule has 0 aliphatic carbocycles. The first kappa shape index (κ1) is 29.1. The van der Waals surface area contributed by atoms with E-state index in [1.807, 2.05) is 42.5 Å². The minimum atomic E-state index is -1.09. The summed E-state index contributed by atoms with van der Waals surface area (Å²) < 4.78 is 16.7. The molecular weight excluding hydrogens is 554 g/mol. The highest BCUT2D eigenvalue weighted by Crippen LogP contribution is 2.37. The molecule has 0 radical (unpaired) electrons. The lowest BCUT2D eigenvalue weighted by Crippen LogP contribution is -2.48. The maximum absolute atomic E-state index is 14.2. The van der Waals surface area contributed by atoms with E-state index < -0.39 is 11.9 Å². The standard InChI is InChI=1S/C32H33N3O6S/c1-39-26-15-14-22(18-27(26)40-2)30(32(38)33-19-23-10-6-16-41-23)35(25-12-5-9-21-8-3-4-11-24(21)25)29(36)20-34-31(37)28-13-7-17-42-28/h3-5,7-9,11-15,17-18,23,30H,6,10,16,19-20H2,1-2H3,(H,33,38)(H,34,37)/t23-,30+/m0/s1. The number of nitrogens with zero attached hydrogens (tertiary/aromatic N) is 1. The van der Waals surface area contributed by atoms with Crippen LogP contribution < -0.4 is 25.0 Å². The van der Waals surface area contributed by atoms with Gasteiger partial charge >= 0.3 is 0 Å². The number of carbonyl (C=O) groups excluding carboxylic acids is 3. The molecule has 42 heavy (non-hydrogen) atoms. The Morgan fingerprint density at radius 3 is 2.52 bits per heavy atom. The molecule has 1 aromatic heterocycles. The van der Waals surface area contributed by atoms with Crippen molar-refractivity contribution in [1.82, 2.24) is 10.6 Å². The Morgan fingerprint density at radius 1 is 0.976 bits per heavy atom. The fraction of sp³-hybridized carbons (Fsp3) is 0.281. The number of hydrogen-bond donors (Lipinski definition) is 2. The van der Waals surface area contributed by atoms with Crippen molar-refractivity contribution >= 4 is 45.5 Å². The molecule has 1 aliphatic heterocycles. The summed E-state index contributed by atoms with van der Waals surface area (Å²) in [6, 6.07) is 20.8. The maximum atomic E-state index is 14.2. The summed E-state index contributed by atoms with van der Waals surface area (Å²) in [4.78, 5) is 43.0. The molecule has 3 amide bonds. The summed E-state index contributed by atoms with van der Waals surface area (Å²) in [6.45, 7) is 0.655. The van der Waals surface area contributed by atoms with E-state index in [0.29, 0.717) is 40.8 Å². The van der Waals surface area contributed by atoms with Gasteiger partial charge in [-0.1, -0.05) is 48.5 Å². The van der Waals surface area contributed by atoms with Gasteiger partial charge in [0, 0.05) is 18.5 Å². The Morgan fingerprint density at radius 2 is 1.79 bits per heavy atom. The average Bonchev–Trinajstić information content (AvgIpc) is 3.76. The van der Waals surface area contributed by atoms with E-state index in [9.17, 15) is 14.4 Å². The van der Waals surface area contributed by atoms with Crippen molar-refractivity contribution in [3.63, 3.8) is 0 Å². The third kappa shape index (κ3) is 6.40. The van der Waals surface area contributed by atoms with Gasteiger partial charge in [0.25, 0.3) is 5.91 Å². The highest BCUT2D eigenvalue weighted by Gasteiger charge is 2.35. The van der Waals surface area contributed by atoms with Gasteiger partial charge in [0.2, 0.25) is 11.8 Å². The minimum absolute atomic E-state index is 0.0909. The summed E-state index contributed by atoms with van der Waals surface area (Å²) >= 11 is 1.28. The number of benzene rings is 3. The molecule has 2 N–H and O–H groups in total. The number of fused-ring (bicyclic) bond motifs is 1. The van der Waals surface area contributed by atoms with E-state index in [1.54, 1.807) is 35.7 Å². The maximum Gasteiger partial charge on any atom is 0.261 e. The van der Waals surface area contributed by atoms with Crippen molar-refractivity contribution in [2.45, 2.75) is 25.0 Å². The van der Waals surface area contributed by atoms with Gasteiger partial charge in [0.15, 0.2) is 11.5 Å². The molecule has 4 aromatic rings. The topological polar surface area (TPSA) is 106 Å². The van der Waals surface area contributed by atoms with Crippen LogP contribution in [0.2, 0.25) is 0 Å². The van der Waals surface area contributed by atoms with Gasteiger partial charge in [-0.2, -0.15) is 0 Å². The molecule has 1 fully saturated rings. The second-order valence-electron chi connectivity index (χ2n) is 9.82. The van der Waals surface area contributed by atoms with Crippen molar-refractivity contribution in [1.29, 1.82) is 0 Å². The molecule has 1 aliphatic rings. The van der Waals surface area contributed by atoms with Crippen LogP contribution in [0.25, 0.3) is 10.8 Å². The Kier molecular flexibility index (Phi) is 9.35. The second kappa shape index (κ2) is 13.5. The quantitative estimate of drug-likeness (QED) is 0.263. The van der Waals surface area contributed by atoms with Crippen LogP contribution in [0.3, 0.4) is 0 Å². The number of rotatable bonds is 11. The van der Waals surface area contributed by atoms with Crippen molar-refractivity contribution in [2.75, 3.05) is 38.8 Å². The van der Waals surface area contributed by atoms with E-state index in [1.165, 1.54) is 30.5 Å². The smallest absolute Gasteiger partial charge is 0.261 e. The molecule has 218 valence electrons. The van der Waals surface area contributed by atoms with E-state index >= 15 is 0 Å². The molecule has 2 atom stereocenters. The van der Waals surface area contributed by atoms with Crippen molar-refractivity contribution < 1.29 is 28.6 Å². The number of amides is 3.